The van der Waals surface area contributed by atoms with Crippen molar-refractivity contribution < 1.29 is 14.6 Å². The molecule has 0 heterocycles. The summed E-state index contributed by atoms with van der Waals surface area (Å²) in [6, 6.07) is 6.14. The van der Waals surface area contributed by atoms with Crippen LogP contribution in [0, 0.1) is 12.8 Å². The Morgan fingerprint density at radius 3 is 2.85 bits per heavy atom. The van der Waals surface area contributed by atoms with Crippen molar-refractivity contribution in [2.45, 2.75) is 52.1 Å². The SMILES string of the molecule is CCCC(C(=O)OCC)C1(O)CCc2ccc(C)cc21. The molecule has 1 aliphatic carbocycles. The number of hydrogen-bond donors (Lipinski definition) is 1. The molecule has 0 aromatic heterocycles. The Morgan fingerprint density at radius 2 is 2.20 bits per heavy atom. The van der Waals surface area contributed by atoms with Crippen LogP contribution in [0.5, 0.6) is 0 Å². The van der Waals surface area contributed by atoms with Crippen molar-refractivity contribution in [2.24, 2.45) is 5.92 Å². The first kappa shape index (κ1) is 15.0. The highest BCUT2D eigenvalue weighted by Crippen LogP contribution is 2.44. The molecule has 0 spiro atoms. The number of ether oxygens (including phenoxy) is 1. The zero-order valence-corrected chi connectivity index (χ0v) is 12.6. The van der Waals surface area contributed by atoms with Crippen molar-refractivity contribution in [2.75, 3.05) is 6.61 Å². The van der Waals surface area contributed by atoms with Crippen LogP contribution in [0.25, 0.3) is 0 Å². The number of aliphatic hydroxyl groups is 1. The predicted octanol–water partition coefficient (Wildman–Crippen LogP) is 3.11. The Bertz CT molecular complexity index is 495. The van der Waals surface area contributed by atoms with Crippen molar-refractivity contribution in [1.29, 1.82) is 0 Å². The fourth-order valence-corrected chi connectivity index (χ4v) is 3.22. The van der Waals surface area contributed by atoms with Gasteiger partial charge in [-0.3, -0.25) is 4.79 Å². The Morgan fingerprint density at radius 1 is 1.45 bits per heavy atom. The van der Waals surface area contributed by atoms with Gasteiger partial charge in [0.15, 0.2) is 0 Å². The number of carbonyl (C=O) groups excluding carboxylic acids is 1. The molecule has 0 bridgehead atoms. The molecule has 0 fully saturated rings. The standard InChI is InChI=1S/C17H24O3/c1-4-6-14(16(18)20-5-2)17(19)10-9-13-8-7-12(3)11-15(13)17/h7-8,11,14,19H,4-6,9-10H2,1-3H3. The quantitative estimate of drug-likeness (QED) is 0.841. The summed E-state index contributed by atoms with van der Waals surface area (Å²) in [5.74, 6) is -0.735. The molecule has 0 radical (unpaired) electrons. The monoisotopic (exact) mass is 276 g/mol. The molecule has 1 aromatic carbocycles. The second kappa shape index (κ2) is 5.96. The summed E-state index contributed by atoms with van der Waals surface area (Å²) in [4.78, 5) is 12.2. The second-order valence-corrected chi connectivity index (χ2v) is 5.68. The third kappa shape index (κ3) is 2.59. The minimum atomic E-state index is -1.07. The summed E-state index contributed by atoms with van der Waals surface area (Å²) in [5, 5.41) is 11.2. The van der Waals surface area contributed by atoms with Gasteiger partial charge in [0.2, 0.25) is 0 Å². The number of hydrogen-bond acceptors (Lipinski definition) is 3. The summed E-state index contributed by atoms with van der Waals surface area (Å²) >= 11 is 0. The van der Waals surface area contributed by atoms with Crippen molar-refractivity contribution in [1.82, 2.24) is 0 Å². The van der Waals surface area contributed by atoms with E-state index in [-0.39, 0.29) is 5.97 Å². The Balaban J connectivity index is 2.39. The minimum Gasteiger partial charge on any atom is -0.466 e. The highest BCUT2D eigenvalue weighted by molar-refractivity contribution is 5.74. The van der Waals surface area contributed by atoms with E-state index in [1.807, 2.05) is 19.9 Å². The van der Waals surface area contributed by atoms with Crippen molar-refractivity contribution in [3.05, 3.63) is 34.9 Å². The molecule has 3 nitrogen and oxygen atoms in total. The van der Waals surface area contributed by atoms with E-state index in [9.17, 15) is 9.90 Å². The van der Waals surface area contributed by atoms with Crippen LogP contribution in [0.15, 0.2) is 18.2 Å². The van der Waals surface area contributed by atoms with Crippen molar-refractivity contribution in [3.8, 4) is 0 Å². The smallest absolute Gasteiger partial charge is 0.312 e. The molecular formula is C17H24O3. The van der Waals surface area contributed by atoms with Gasteiger partial charge in [-0.05, 0) is 44.2 Å². The largest absolute Gasteiger partial charge is 0.466 e. The van der Waals surface area contributed by atoms with E-state index in [4.69, 9.17) is 4.74 Å². The molecule has 0 saturated carbocycles. The Kier molecular flexibility index (Phi) is 4.48. The number of benzene rings is 1. The number of esters is 1. The van der Waals surface area contributed by atoms with Crippen LogP contribution in [0.4, 0.5) is 0 Å². The second-order valence-electron chi connectivity index (χ2n) is 5.68. The maximum Gasteiger partial charge on any atom is 0.312 e. The van der Waals surface area contributed by atoms with Crippen molar-refractivity contribution >= 4 is 5.97 Å². The molecule has 1 aromatic rings. The van der Waals surface area contributed by atoms with E-state index >= 15 is 0 Å². The number of fused-ring (bicyclic) bond motifs is 1. The van der Waals surface area contributed by atoms with Crippen LogP contribution in [0.2, 0.25) is 0 Å². The Labute approximate surface area is 121 Å². The van der Waals surface area contributed by atoms with Crippen LogP contribution < -0.4 is 0 Å². The van der Waals surface area contributed by atoms with E-state index in [1.54, 1.807) is 6.92 Å². The zero-order chi connectivity index (χ0) is 14.8. The third-order valence-corrected chi connectivity index (χ3v) is 4.23. The molecule has 0 saturated heterocycles. The summed E-state index contributed by atoms with van der Waals surface area (Å²) in [5.41, 5.74) is 2.12. The summed E-state index contributed by atoms with van der Waals surface area (Å²) in [6.45, 7) is 6.20. The fraction of sp³-hybridized carbons (Fsp3) is 0.588. The number of carbonyl (C=O) groups is 1. The lowest BCUT2D eigenvalue weighted by molar-refractivity contribution is -0.160. The van der Waals surface area contributed by atoms with Gasteiger partial charge in [0, 0.05) is 0 Å². The van der Waals surface area contributed by atoms with Gasteiger partial charge in [-0.25, -0.2) is 0 Å². The normalized spacial score (nSPS) is 22.4. The maximum absolute atomic E-state index is 12.2. The molecule has 3 heteroatoms. The van der Waals surface area contributed by atoms with Gasteiger partial charge < -0.3 is 9.84 Å². The van der Waals surface area contributed by atoms with E-state index in [1.165, 1.54) is 0 Å². The van der Waals surface area contributed by atoms with Gasteiger partial charge >= 0.3 is 5.97 Å². The van der Waals surface area contributed by atoms with Gasteiger partial charge in [0.05, 0.1) is 12.5 Å². The predicted molar refractivity (Wildman–Crippen MR) is 78.4 cm³/mol. The average Bonchev–Trinajstić information content (AvgIpc) is 2.74. The first-order chi connectivity index (χ1) is 9.52. The lowest BCUT2D eigenvalue weighted by atomic mass is 9.79. The molecule has 1 aliphatic rings. The first-order valence-corrected chi connectivity index (χ1v) is 7.52. The lowest BCUT2D eigenvalue weighted by Crippen LogP contribution is -2.39. The topological polar surface area (TPSA) is 46.5 Å². The highest BCUT2D eigenvalue weighted by Gasteiger charge is 2.47. The van der Waals surface area contributed by atoms with Gasteiger partial charge in [-0.1, -0.05) is 37.1 Å². The fourth-order valence-electron chi connectivity index (χ4n) is 3.22. The zero-order valence-electron chi connectivity index (χ0n) is 12.6. The van der Waals surface area contributed by atoms with Crippen LogP contribution in [0.1, 0.15) is 49.8 Å². The minimum absolute atomic E-state index is 0.272. The summed E-state index contributed by atoms with van der Waals surface area (Å²) in [6.07, 6.45) is 2.94. The third-order valence-electron chi connectivity index (χ3n) is 4.23. The highest BCUT2D eigenvalue weighted by atomic mass is 16.5. The number of aryl methyl sites for hydroxylation is 2. The number of rotatable bonds is 5. The lowest BCUT2D eigenvalue weighted by Gasteiger charge is -2.32. The maximum atomic E-state index is 12.2. The summed E-state index contributed by atoms with van der Waals surface area (Å²) in [7, 11) is 0. The van der Waals surface area contributed by atoms with Crippen molar-refractivity contribution in [3.63, 3.8) is 0 Å². The Hall–Kier alpha value is -1.35. The van der Waals surface area contributed by atoms with Gasteiger partial charge in [-0.15, -0.1) is 0 Å². The molecular weight excluding hydrogens is 252 g/mol. The molecule has 2 rings (SSSR count). The van der Waals surface area contributed by atoms with Gasteiger partial charge in [-0.2, -0.15) is 0 Å². The molecule has 0 amide bonds. The van der Waals surface area contributed by atoms with E-state index in [0.29, 0.717) is 19.4 Å². The molecule has 110 valence electrons. The van der Waals surface area contributed by atoms with Crippen LogP contribution in [-0.2, 0) is 21.6 Å². The first-order valence-electron chi connectivity index (χ1n) is 7.52. The molecule has 2 atom stereocenters. The molecule has 1 N–H and O–H groups in total. The van der Waals surface area contributed by atoms with E-state index in [0.717, 1.165) is 29.5 Å². The van der Waals surface area contributed by atoms with Crippen LogP contribution >= 0.6 is 0 Å². The molecule has 20 heavy (non-hydrogen) atoms. The van der Waals surface area contributed by atoms with E-state index < -0.39 is 11.5 Å². The van der Waals surface area contributed by atoms with Gasteiger partial charge in [0.1, 0.15) is 5.60 Å². The molecule has 2 unspecified atom stereocenters. The van der Waals surface area contributed by atoms with Crippen LogP contribution in [0.3, 0.4) is 0 Å². The van der Waals surface area contributed by atoms with E-state index in [2.05, 4.69) is 12.1 Å². The average molecular weight is 276 g/mol. The van der Waals surface area contributed by atoms with Gasteiger partial charge in [0.25, 0.3) is 0 Å². The summed E-state index contributed by atoms with van der Waals surface area (Å²) < 4.78 is 5.18. The molecule has 0 aliphatic heterocycles. The van der Waals surface area contributed by atoms with Crippen LogP contribution in [-0.4, -0.2) is 17.7 Å².